The third kappa shape index (κ3) is 3.94. The molecule has 1 aromatic rings. The van der Waals surface area contributed by atoms with E-state index in [1.54, 1.807) is 13.0 Å². The molecule has 104 valence electrons. The highest BCUT2D eigenvalue weighted by Crippen LogP contribution is 2.31. The molecule has 0 aromatic heterocycles. The van der Waals surface area contributed by atoms with Gasteiger partial charge in [0, 0.05) is 0 Å². The summed E-state index contributed by atoms with van der Waals surface area (Å²) in [5, 5.41) is 13.9. The van der Waals surface area contributed by atoms with Crippen LogP contribution in [0, 0.1) is 11.3 Å². The van der Waals surface area contributed by atoms with Crippen LogP contribution < -0.4 is 9.88 Å². The van der Waals surface area contributed by atoms with E-state index in [-0.39, 0.29) is 10.8 Å². The molecule has 0 amide bonds. The normalized spacial score (nSPS) is 14.5. The van der Waals surface area contributed by atoms with E-state index in [2.05, 4.69) is 0 Å². The lowest BCUT2D eigenvalue weighted by atomic mass is 9.98. The summed E-state index contributed by atoms with van der Waals surface area (Å²) < 4.78 is 28.2. The summed E-state index contributed by atoms with van der Waals surface area (Å²) in [6, 6.07) is 6.43. The van der Waals surface area contributed by atoms with Crippen molar-refractivity contribution < 1.29 is 13.2 Å². The predicted molar refractivity (Wildman–Crippen MR) is 72.2 cm³/mol. The molecule has 1 rings (SSSR count). The molecule has 2 N–H and O–H groups in total. The van der Waals surface area contributed by atoms with Gasteiger partial charge >= 0.3 is 0 Å². The number of ether oxygens (including phenoxy) is 1. The minimum absolute atomic E-state index is 0.0553. The van der Waals surface area contributed by atoms with Crippen molar-refractivity contribution in [3.63, 3.8) is 0 Å². The van der Waals surface area contributed by atoms with Gasteiger partial charge in [-0.3, -0.25) is 0 Å². The Labute approximate surface area is 114 Å². The fourth-order valence-electron chi connectivity index (χ4n) is 1.63. The van der Waals surface area contributed by atoms with Crippen molar-refractivity contribution in [2.24, 2.45) is 5.14 Å². The summed E-state index contributed by atoms with van der Waals surface area (Å²) >= 11 is 0. The zero-order chi connectivity index (χ0) is 14.6. The summed E-state index contributed by atoms with van der Waals surface area (Å²) in [4.78, 5) is 0.0553. The van der Waals surface area contributed by atoms with Crippen molar-refractivity contribution in [1.82, 2.24) is 0 Å². The molecule has 0 heterocycles. The molecule has 2 atom stereocenters. The van der Waals surface area contributed by atoms with E-state index < -0.39 is 16.1 Å². The van der Waals surface area contributed by atoms with Crippen molar-refractivity contribution in [3.8, 4) is 11.8 Å². The first kappa shape index (κ1) is 15.5. The molecule has 1 aromatic carbocycles. The minimum atomic E-state index is -3.74. The molecule has 6 heteroatoms. The Balaban J connectivity index is 3.29. The fourth-order valence-corrected chi connectivity index (χ4v) is 2.18. The summed E-state index contributed by atoms with van der Waals surface area (Å²) in [5.74, 6) is 0.637. The van der Waals surface area contributed by atoms with Crippen molar-refractivity contribution >= 4 is 10.0 Å². The highest BCUT2D eigenvalue weighted by atomic mass is 32.2. The molecule has 0 bridgehead atoms. The quantitative estimate of drug-likeness (QED) is 0.895. The van der Waals surface area contributed by atoms with E-state index in [0.29, 0.717) is 5.75 Å². The first-order valence-electron chi connectivity index (χ1n) is 6.02. The Bertz CT molecular complexity index is 590. The SMILES string of the molecule is CCC(C)c1cc(S(N)(=O)=O)ccc1OC(C)C#N. The van der Waals surface area contributed by atoms with Gasteiger partial charge in [-0.1, -0.05) is 13.8 Å². The average Bonchev–Trinajstić information content (AvgIpc) is 2.36. The van der Waals surface area contributed by atoms with E-state index in [9.17, 15) is 8.42 Å². The summed E-state index contributed by atoms with van der Waals surface area (Å²) in [6.07, 6.45) is 0.230. The van der Waals surface area contributed by atoms with Crippen LogP contribution in [-0.4, -0.2) is 14.5 Å². The number of nitriles is 1. The Kier molecular flexibility index (Phi) is 4.92. The number of nitrogens with two attached hydrogens (primary N) is 1. The van der Waals surface area contributed by atoms with Crippen molar-refractivity contribution in [2.75, 3.05) is 0 Å². The molecule has 0 saturated carbocycles. The molecule has 0 aliphatic heterocycles. The lowest BCUT2D eigenvalue weighted by Crippen LogP contribution is -2.14. The minimum Gasteiger partial charge on any atom is -0.476 e. The van der Waals surface area contributed by atoms with Crippen LogP contribution in [0.25, 0.3) is 0 Å². The highest BCUT2D eigenvalue weighted by Gasteiger charge is 2.17. The second-order valence-corrected chi connectivity index (χ2v) is 6.00. The van der Waals surface area contributed by atoms with Crippen LogP contribution in [0.1, 0.15) is 38.7 Å². The molecule has 2 unspecified atom stereocenters. The first-order chi connectivity index (χ1) is 8.79. The average molecular weight is 282 g/mol. The highest BCUT2D eigenvalue weighted by molar-refractivity contribution is 7.89. The van der Waals surface area contributed by atoms with Gasteiger partial charge in [0.1, 0.15) is 11.8 Å². The lowest BCUT2D eigenvalue weighted by molar-refractivity contribution is 0.272. The summed E-state index contributed by atoms with van der Waals surface area (Å²) in [6.45, 7) is 5.59. The van der Waals surface area contributed by atoms with Gasteiger partial charge in [-0.15, -0.1) is 0 Å². The standard InChI is InChI=1S/C13H18N2O3S/c1-4-9(2)12-7-11(19(15,16)17)5-6-13(12)18-10(3)8-14/h5-7,9-10H,4H2,1-3H3,(H2,15,16,17). The molecule has 5 nitrogen and oxygen atoms in total. The van der Waals surface area contributed by atoms with E-state index in [1.165, 1.54) is 12.1 Å². The van der Waals surface area contributed by atoms with Crippen LogP contribution in [0.3, 0.4) is 0 Å². The largest absolute Gasteiger partial charge is 0.476 e. The third-order valence-corrected chi connectivity index (χ3v) is 3.85. The number of rotatable bonds is 5. The molecular weight excluding hydrogens is 264 g/mol. The van der Waals surface area contributed by atoms with Crippen LogP contribution >= 0.6 is 0 Å². The molecule has 19 heavy (non-hydrogen) atoms. The van der Waals surface area contributed by atoms with Gasteiger partial charge in [0.05, 0.1) is 4.90 Å². The Morgan fingerprint density at radius 2 is 2.05 bits per heavy atom. The topological polar surface area (TPSA) is 93.2 Å². The summed E-state index contributed by atoms with van der Waals surface area (Å²) in [5.41, 5.74) is 0.746. The Morgan fingerprint density at radius 3 is 2.53 bits per heavy atom. The number of primary sulfonamides is 1. The van der Waals surface area contributed by atoms with Crippen LogP contribution in [0.15, 0.2) is 23.1 Å². The monoisotopic (exact) mass is 282 g/mol. The zero-order valence-electron chi connectivity index (χ0n) is 11.3. The number of benzene rings is 1. The fraction of sp³-hybridized carbons (Fsp3) is 0.462. The second-order valence-electron chi connectivity index (χ2n) is 4.44. The maximum Gasteiger partial charge on any atom is 0.238 e. The van der Waals surface area contributed by atoms with E-state index in [4.69, 9.17) is 15.1 Å². The first-order valence-corrected chi connectivity index (χ1v) is 7.57. The molecule has 0 saturated heterocycles. The molecule has 0 aliphatic rings. The van der Waals surface area contributed by atoms with Gasteiger partial charge in [0.15, 0.2) is 6.10 Å². The molecule has 0 fully saturated rings. The van der Waals surface area contributed by atoms with Crippen molar-refractivity contribution in [3.05, 3.63) is 23.8 Å². The van der Waals surface area contributed by atoms with E-state index in [1.807, 2.05) is 19.9 Å². The lowest BCUT2D eigenvalue weighted by Gasteiger charge is -2.17. The smallest absolute Gasteiger partial charge is 0.238 e. The predicted octanol–water partition coefficient (Wildman–Crippen LogP) is 2.14. The third-order valence-electron chi connectivity index (χ3n) is 2.94. The Morgan fingerprint density at radius 1 is 1.42 bits per heavy atom. The van der Waals surface area contributed by atoms with Crippen LogP contribution in [0.4, 0.5) is 0 Å². The van der Waals surface area contributed by atoms with Crippen LogP contribution in [0.2, 0.25) is 0 Å². The maximum absolute atomic E-state index is 11.4. The van der Waals surface area contributed by atoms with E-state index >= 15 is 0 Å². The second kappa shape index (κ2) is 6.04. The van der Waals surface area contributed by atoms with Crippen molar-refractivity contribution in [1.29, 1.82) is 5.26 Å². The van der Waals surface area contributed by atoms with Gasteiger partial charge in [-0.25, -0.2) is 13.6 Å². The molecule has 0 radical (unpaired) electrons. The number of hydrogen-bond acceptors (Lipinski definition) is 4. The molecular formula is C13H18N2O3S. The maximum atomic E-state index is 11.4. The van der Waals surface area contributed by atoms with Crippen LogP contribution in [0.5, 0.6) is 5.75 Å². The Hall–Kier alpha value is -1.58. The van der Waals surface area contributed by atoms with Gasteiger partial charge in [-0.2, -0.15) is 5.26 Å². The van der Waals surface area contributed by atoms with Crippen molar-refractivity contribution in [2.45, 2.75) is 44.1 Å². The van der Waals surface area contributed by atoms with E-state index in [0.717, 1.165) is 12.0 Å². The van der Waals surface area contributed by atoms with Gasteiger partial charge in [0.25, 0.3) is 0 Å². The number of hydrogen-bond donors (Lipinski definition) is 1. The van der Waals surface area contributed by atoms with Crippen LogP contribution in [-0.2, 0) is 10.0 Å². The zero-order valence-corrected chi connectivity index (χ0v) is 12.1. The molecule has 0 spiro atoms. The van der Waals surface area contributed by atoms with Gasteiger partial charge in [0.2, 0.25) is 10.0 Å². The molecule has 0 aliphatic carbocycles. The van der Waals surface area contributed by atoms with Gasteiger partial charge < -0.3 is 4.74 Å². The number of sulfonamides is 1. The number of nitrogens with zero attached hydrogens (tertiary/aromatic N) is 1. The summed E-state index contributed by atoms with van der Waals surface area (Å²) in [7, 11) is -3.74. The van der Waals surface area contributed by atoms with Gasteiger partial charge in [-0.05, 0) is 43.0 Å².